The molecule has 6 heteroatoms. The fraction of sp³-hybridized carbons (Fsp3) is 0.143. The third-order valence-corrected chi connectivity index (χ3v) is 5.04. The number of aromatic nitrogens is 3. The third-order valence-electron chi connectivity index (χ3n) is 5.04. The number of fused-ring (bicyclic) bond motifs is 3. The summed E-state index contributed by atoms with van der Waals surface area (Å²) in [5, 5.41) is 4.25. The van der Waals surface area contributed by atoms with Crippen LogP contribution in [0.3, 0.4) is 0 Å². The number of pyridine rings is 1. The molecule has 0 saturated heterocycles. The van der Waals surface area contributed by atoms with Crippen molar-refractivity contribution in [1.82, 2.24) is 15.0 Å². The Morgan fingerprint density at radius 1 is 1.04 bits per heavy atom. The van der Waals surface area contributed by atoms with E-state index in [0.717, 1.165) is 41.4 Å². The van der Waals surface area contributed by atoms with Crippen molar-refractivity contribution in [2.75, 3.05) is 5.32 Å². The molecule has 1 aliphatic rings. The van der Waals surface area contributed by atoms with Crippen LogP contribution in [0.2, 0.25) is 0 Å². The first kappa shape index (κ1) is 15.7. The van der Waals surface area contributed by atoms with Crippen molar-refractivity contribution in [3.8, 4) is 0 Å². The second-order valence-corrected chi connectivity index (χ2v) is 6.70. The summed E-state index contributed by atoms with van der Waals surface area (Å²) in [6.45, 7) is 0. The van der Waals surface area contributed by atoms with Crippen LogP contribution in [0.4, 0.5) is 5.69 Å². The van der Waals surface area contributed by atoms with Crippen LogP contribution in [0, 0.1) is 0 Å². The molecule has 0 aliphatic heterocycles. The van der Waals surface area contributed by atoms with Gasteiger partial charge >= 0.3 is 0 Å². The minimum absolute atomic E-state index is 0.175. The summed E-state index contributed by atoms with van der Waals surface area (Å²) in [4.78, 5) is 36.6. The Hall–Kier alpha value is -3.54. The van der Waals surface area contributed by atoms with Crippen LogP contribution >= 0.6 is 0 Å². The summed E-state index contributed by atoms with van der Waals surface area (Å²) in [6, 6.07) is 12.9. The molecular weight excluding hydrogens is 340 g/mol. The molecule has 0 spiro atoms. The van der Waals surface area contributed by atoms with Crippen LogP contribution < -0.4 is 10.9 Å². The number of benzene rings is 2. The lowest BCUT2D eigenvalue weighted by molar-refractivity contribution is 0.102. The zero-order chi connectivity index (χ0) is 18.4. The highest BCUT2D eigenvalue weighted by Crippen LogP contribution is 2.30. The summed E-state index contributed by atoms with van der Waals surface area (Å²) < 4.78 is 0. The van der Waals surface area contributed by atoms with Crippen molar-refractivity contribution in [2.45, 2.75) is 19.3 Å². The lowest BCUT2D eigenvalue weighted by Crippen LogP contribution is -2.16. The van der Waals surface area contributed by atoms with Crippen molar-refractivity contribution in [3.63, 3.8) is 0 Å². The second-order valence-electron chi connectivity index (χ2n) is 6.70. The van der Waals surface area contributed by atoms with E-state index in [2.05, 4.69) is 15.3 Å². The number of rotatable bonds is 2. The summed E-state index contributed by atoms with van der Waals surface area (Å²) >= 11 is 0. The Bertz CT molecular complexity index is 1280. The zero-order valence-corrected chi connectivity index (χ0v) is 14.5. The van der Waals surface area contributed by atoms with E-state index in [1.807, 2.05) is 24.3 Å². The maximum Gasteiger partial charge on any atom is 0.258 e. The van der Waals surface area contributed by atoms with E-state index in [1.54, 1.807) is 18.2 Å². The van der Waals surface area contributed by atoms with Gasteiger partial charge in [0.15, 0.2) is 0 Å². The predicted octanol–water partition coefficient (Wildman–Crippen LogP) is 3.21. The fourth-order valence-electron chi connectivity index (χ4n) is 3.81. The Morgan fingerprint density at radius 2 is 1.93 bits per heavy atom. The minimum atomic E-state index is -0.230. The van der Waals surface area contributed by atoms with Gasteiger partial charge in [0.25, 0.3) is 11.5 Å². The van der Waals surface area contributed by atoms with Gasteiger partial charge in [0, 0.05) is 16.8 Å². The molecule has 27 heavy (non-hydrogen) atoms. The maximum atomic E-state index is 13.2. The van der Waals surface area contributed by atoms with Gasteiger partial charge in [-0.25, -0.2) is 4.98 Å². The number of carbonyl (C=O) groups excluding carboxylic acids is 1. The molecule has 0 saturated carbocycles. The van der Waals surface area contributed by atoms with Crippen molar-refractivity contribution < 1.29 is 4.79 Å². The van der Waals surface area contributed by atoms with Gasteiger partial charge in [-0.05, 0) is 49.1 Å². The average molecular weight is 356 g/mol. The van der Waals surface area contributed by atoms with Gasteiger partial charge in [0.05, 0.1) is 28.3 Å². The number of H-pyrrole nitrogens is 1. The van der Waals surface area contributed by atoms with Crippen LogP contribution in [0.25, 0.3) is 21.8 Å². The number of nitrogens with one attached hydrogen (secondary N) is 2. The van der Waals surface area contributed by atoms with E-state index < -0.39 is 0 Å². The number of nitrogens with zero attached hydrogens (tertiary/aromatic N) is 2. The smallest absolute Gasteiger partial charge is 0.258 e. The van der Waals surface area contributed by atoms with Crippen LogP contribution in [0.1, 0.15) is 28.0 Å². The largest absolute Gasteiger partial charge is 0.322 e. The van der Waals surface area contributed by atoms with E-state index in [0.29, 0.717) is 22.2 Å². The molecule has 0 atom stereocenters. The number of hydrogen-bond acceptors (Lipinski definition) is 4. The SMILES string of the molecule is O=C(Nc1ccc2nc[nH]c(=O)c2c1)c1c2c(nc3ccccc13)CCC2. The highest BCUT2D eigenvalue weighted by molar-refractivity contribution is 6.14. The molecule has 4 aromatic rings. The van der Waals surface area contributed by atoms with E-state index in [4.69, 9.17) is 4.98 Å². The quantitative estimate of drug-likeness (QED) is 0.577. The van der Waals surface area contributed by atoms with Crippen LogP contribution in [0.5, 0.6) is 0 Å². The normalized spacial score (nSPS) is 13.0. The number of aromatic amines is 1. The van der Waals surface area contributed by atoms with Crippen molar-refractivity contribution in [1.29, 1.82) is 0 Å². The summed E-state index contributed by atoms with van der Waals surface area (Å²) in [5.41, 5.74) is 4.50. The monoisotopic (exact) mass is 356 g/mol. The maximum absolute atomic E-state index is 13.2. The second kappa shape index (κ2) is 6.02. The molecule has 1 aliphatic carbocycles. The van der Waals surface area contributed by atoms with Gasteiger partial charge < -0.3 is 10.3 Å². The van der Waals surface area contributed by atoms with Gasteiger partial charge in [-0.3, -0.25) is 14.6 Å². The topological polar surface area (TPSA) is 87.7 Å². The molecule has 0 bridgehead atoms. The van der Waals surface area contributed by atoms with Gasteiger partial charge in [-0.15, -0.1) is 0 Å². The van der Waals surface area contributed by atoms with Crippen LogP contribution in [-0.4, -0.2) is 20.9 Å². The highest BCUT2D eigenvalue weighted by Gasteiger charge is 2.23. The Balaban J connectivity index is 1.61. The summed E-state index contributed by atoms with van der Waals surface area (Å²) in [5.74, 6) is -0.175. The fourth-order valence-corrected chi connectivity index (χ4v) is 3.81. The zero-order valence-electron chi connectivity index (χ0n) is 14.5. The molecule has 5 rings (SSSR count). The van der Waals surface area contributed by atoms with Crippen molar-refractivity contribution in [3.05, 3.63) is 76.0 Å². The first-order valence-corrected chi connectivity index (χ1v) is 8.90. The molecule has 2 heterocycles. The van der Waals surface area contributed by atoms with Gasteiger partial charge in [-0.1, -0.05) is 18.2 Å². The number of hydrogen-bond donors (Lipinski definition) is 2. The highest BCUT2D eigenvalue weighted by atomic mass is 16.1. The molecule has 6 nitrogen and oxygen atoms in total. The number of anilines is 1. The van der Waals surface area contributed by atoms with E-state index in [9.17, 15) is 9.59 Å². The lowest BCUT2D eigenvalue weighted by atomic mass is 10.0. The number of amides is 1. The molecule has 132 valence electrons. The predicted molar refractivity (Wildman–Crippen MR) is 104 cm³/mol. The molecule has 2 aromatic heterocycles. The molecule has 0 radical (unpaired) electrons. The number of para-hydroxylation sites is 1. The van der Waals surface area contributed by atoms with E-state index in [-0.39, 0.29) is 11.5 Å². The van der Waals surface area contributed by atoms with Crippen LogP contribution in [0.15, 0.2) is 53.6 Å². The first-order valence-electron chi connectivity index (χ1n) is 8.90. The molecule has 2 aromatic carbocycles. The van der Waals surface area contributed by atoms with Gasteiger partial charge in [0.2, 0.25) is 0 Å². The first-order chi connectivity index (χ1) is 13.2. The minimum Gasteiger partial charge on any atom is -0.322 e. The third kappa shape index (κ3) is 2.57. The Labute approximate surface area is 154 Å². The lowest BCUT2D eigenvalue weighted by Gasteiger charge is -2.13. The van der Waals surface area contributed by atoms with E-state index in [1.165, 1.54) is 6.33 Å². The molecule has 1 amide bonds. The van der Waals surface area contributed by atoms with Crippen molar-refractivity contribution >= 4 is 33.4 Å². The number of carbonyl (C=O) groups is 1. The number of aryl methyl sites for hydroxylation is 1. The standard InChI is InChI=1S/C21H16N4O2/c26-20-15-10-12(8-9-16(15)22-11-23-20)24-21(27)19-13-4-1-2-6-17(13)25-18-7-3-5-14(18)19/h1-2,4,6,8-11H,3,5,7H2,(H,24,27)(H,22,23,26). The van der Waals surface area contributed by atoms with Gasteiger partial charge in [-0.2, -0.15) is 0 Å². The summed E-state index contributed by atoms with van der Waals surface area (Å²) in [7, 11) is 0. The Morgan fingerprint density at radius 3 is 2.85 bits per heavy atom. The summed E-state index contributed by atoms with van der Waals surface area (Å²) in [6.07, 6.45) is 4.14. The molecule has 0 unspecified atom stereocenters. The molecule has 0 fully saturated rings. The van der Waals surface area contributed by atoms with Crippen molar-refractivity contribution in [2.24, 2.45) is 0 Å². The molecule has 2 N–H and O–H groups in total. The van der Waals surface area contributed by atoms with E-state index >= 15 is 0 Å². The molecular formula is C21H16N4O2. The average Bonchev–Trinajstić information content (AvgIpc) is 3.14. The van der Waals surface area contributed by atoms with Crippen LogP contribution in [-0.2, 0) is 12.8 Å². The van der Waals surface area contributed by atoms with Gasteiger partial charge in [0.1, 0.15) is 0 Å². The Kier molecular flexibility index (Phi) is 3.50.